The van der Waals surface area contributed by atoms with E-state index >= 15 is 0 Å². The molecule has 176 valence electrons. The van der Waals surface area contributed by atoms with Crippen LogP contribution >= 0.6 is 22.9 Å². The second-order valence-electron chi connectivity index (χ2n) is 10.2. The van der Waals surface area contributed by atoms with Crippen molar-refractivity contribution < 1.29 is 15.0 Å². The van der Waals surface area contributed by atoms with E-state index in [1.165, 1.54) is 75.5 Å². The molecule has 1 heterocycles. The summed E-state index contributed by atoms with van der Waals surface area (Å²) in [5, 5.41) is 20.0. The smallest absolute Gasteiger partial charge is 0.345 e. The first kappa shape index (κ1) is 25.1. The van der Waals surface area contributed by atoms with Crippen molar-refractivity contribution in [2.75, 3.05) is 0 Å². The number of aromatic carboxylic acids is 1. The highest BCUT2D eigenvalue weighted by Crippen LogP contribution is 2.48. The van der Waals surface area contributed by atoms with E-state index in [-0.39, 0.29) is 11.5 Å². The van der Waals surface area contributed by atoms with Gasteiger partial charge < -0.3 is 10.2 Å². The van der Waals surface area contributed by atoms with Gasteiger partial charge in [0.25, 0.3) is 0 Å². The first-order chi connectivity index (χ1) is 14.9. The lowest BCUT2D eigenvalue weighted by molar-refractivity contribution is 0.0702. The molecule has 1 unspecified atom stereocenters. The molecule has 0 saturated heterocycles. The Bertz CT molecular complexity index is 682. The molecule has 4 atom stereocenters. The van der Waals surface area contributed by atoms with E-state index in [1.54, 1.807) is 6.07 Å². The van der Waals surface area contributed by atoms with Crippen molar-refractivity contribution in [2.45, 2.75) is 115 Å². The van der Waals surface area contributed by atoms with Gasteiger partial charge in [0.1, 0.15) is 4.88 Å². The summed E-state index contributed by atoms with van der Waals surface area (Å²) in [6, 6.07) is 3.65. The fraction of sp³-hybridized carbons (Fsp3) is 0.808. The van der Waals surface area contributed by atoms with E-state index in [0.29, 0.717) is 22.1 Å². The second-order valence-corrected chi connectivity index (χ2v) is 11.9. The Labute approximate surface area is 197 Å². The zero-order chi connectivity index (χ0) is 22.3. The Morgan fingerprint density at radius 1 is 1.10 bits per heavy atom. The van der Waals surface area contributed by atoms with Crippen molar-refractivity contribution >= 4 is 28.9 Å². The molecule has 2 saturated carbocycles. The summed E-state index contributed by atoms with van der Waals surface area (Å²) >= 11 is 8.10. The Morgan fingerprint density at radius 3 is 2.55 bits per heavy atom. The number of aryl methyl sites for hydroxylation is 1. The molecule has 0 spiro atoms. The van der Waals surface area contributed by atoms with Crippen LogP contribution in [0.25, 0.3) is 0 Å². The van der Waals surface area contributed by atoms with Crippen LogP contribution in [0.15, 0.2) is 12.1 Å². The number of rotatable bonds is 12. The molecular formula is C26H41ClO3S. The fourth-order valence-electron chi connectivity index (χ4n) is 6.22. The van der Waals surface area contributed by atoms with E-state index in [2.05, 4.69) is 6.92 Å². The number of alkyl halides is 1. The molecule has 2 aliphatic carbocycles. The molecule has 0 aromatic carbocycles. The molecule has 1 aromatic rings. The lowest BCUT2D eigenvalue weighted by Gasteiger charge is -2.39. The minimum Gasteiger partial charge on any atom is -0.477 e. The maximum atomic E-state index is 11.1. The molecule has 0 bridgehead atoms. The minimum absolute atomic E-state index is 0.0697. The van der Waals surface area contributed by atoms with Crippen molar-refractivity contribution in [3.63, 3.8) is 0 Å². The summed E-state index contributed by atoms with van der Waals surface area (Å²) in [4.78, 5) is 12.6. The zero-order valence-corrected chi connectivity index (χ0v) is 20.7. The number of thiophene rings is 1. The van der Waals surface area contributed by atoms with Crippen LogP contribution in [0.2, 0.25) is 0 Å². The number of carboxylic acids is 1. The number of unbranched alkanes of at least 4 members (excludes halogenated alkanes) is 2. The fourth-order valence-corrected chi connectivity index (χ4v) is 7.61. The molecule has 5 heteroatoms. The first-order valence-corrected chi connectivity index (χ1v) is 13.8. The van der Waals surface area contributed by atoms with Crippen LogP contribution in [0.4, 0.5) is 0 Å². The molecule has 0 radical (unpaired) electrons. The van der Waals surface area contributed by atoms with Gasteiger partial charge in [0, 0.05) is 10.3 Å². The predicted octanol–water partition coefficient (Wildman–Crippen LogP) is 7.68. The van der Waals surface area contributed by atoms with E-state index in [9.17, 15) is 9.90 Å². The van der Waals surface area contributed by atoms with E-state index in [1.807, 2.05) is 6.07 Å². The predicted molar refractivity (Wildman–Crippen MR) is 130 cm³/mol. The number of carbonyl (C=O) groups is 1. The molecule has 2 N–H and O–H groups in total. The lowest BCUT2D eigenvalue weighted by Crippen LogP contribution is -2.28. The molecule has 2 fully saturated rings. The average molecular weight is 469 g/mol. The summed E-state index contributed by atoms with van der Waals surface area (Å²) in [5.41, 5.74) is 0.506. The van der Waals surface area contributed by atoms with Gasteiger partial charge in [-0.25, -0.2) is 4.79 Å². The molecule has 0 amide bonds. The minimum atomic E-state index is -0.841. The maximum absolute atomic E-state index is 11.1. The van der Waals surface area contributed by atoms with Gasteiger partial charge in [-0.05, 0) is 87.2 Å². The lowest BCUT2D eigenvalue weighted by atomic mass is 9.66. The van der Waals surface area contributed by atoms with Gasteiger partial charge in [0.15, 0.2) is 0 Å². The molecule has 3 nitrogen and oxygen atoms in total. The van der Waals surface area contributed by atoms with Gasteiger partial charge in [-0.15, -0.1) is 22.9 Å². The Hall–Kier alpha value is -0.580. The zero-order valence-electron chi connectivity index (χ0n) is 19.2. The highest BCUT2D eigenvalue weighted by Gasteiger charge is 2.42. The van der Waals surface area contributed by atoms with Crippen LogP contribution in [0.3, 0.4) is 0 Å². The largest absolute Gasteiger partial charge is 0.477 e. The van der Waals surface area contributed by atoms with Crippen molar-refractivity contribution in [3.05, 3.63) is 21.9 Å². The van der Waals surface area contributed by atoms with E-state index < -0.39 is 5.97 Å². The van der Waals surface area contributed by atoms with Gasteiger partial charge in [0.05, 0.1) is 6.10 Å². The average Bonchev–Trinajstić information content (AvgIpc) is 3.32. The van der Waals surface area contributed by atoms with Crippen LogP contribution in [0, 0.1) is 17.3 Å². The summed E-state index contributed by atoms with van der Waals surface area (Å²) < 4.78 is 0. The molecule has 31 heavy (non-hydrogen) atoms. The third-order valence-electron chi connectivity index (χ3n) is 8.04. The first-order valence-electron chi connectivity index (χ1n) is 12.6. The van der Waals surface area contributed by atoms with Gasteiger partial charge >= 0.3 is 5.97 Å². The second kappa shape index (κ2) is 12.0. The maximum Gasteiger partial charge on any atom is 0.345 e. The van der Waals surface area contributed by atoms with Crippen molar-refractivity contribution in [1.82, 2.24) is 0 Å². The van der Waals surface area contributed by atoms with E-state index in [4.69, 9.17) is 16.7 Å². The third-order valence-corrected chi connectivity index (χ3v) is 9.68. The Morgan fingerprint density at radius 2 is 1.87 bits per heavy atom. The van der Waals surface area contributed by atoms with E-state index in [0.717, 1.165) is 37.0 Å². The summed E-state index contributed by atoms with van der Waals surface area (Å²) in [6.07, 6.45) is 18.0. The molecule has 1 aromatic heterocycles. The summed E-state index contributed by atoms with van der Waals surface area (Å²) in [7, 11) is 0. The number of halogens is 1. The standard InChI is InChI=1S/C26H41ClO3S/c1-2-3-5-14-26(15-6-4-7-16-26)17-13-21-20(22(27)18-23(21)28)10-8-9-19-11-12-24(31-19)25(29)30/h11-12,20-23,28H,2-10,13-18H2,1H3,(H,29,30)/t20-,21?,22-,23-/m1/s1. The summed E-state index contributed by atoms with van der Waals surface area (Å²) in [6.45, 7) is 2.28. The highest BCUT2D eigenvalue weighted by atomic mass is 35.5. The third kappa shape index (κ3) is 6.95. The SMILES string of the molecule is CCCCCC1(CCC2[C@H](O)C[C@@H](Cl)[C@@H]2CCCc2ccc(C(=O)O)s2)CCCCC1. The Kier molecular flexibility index (Phi) is 9.73. The molecule has 2 aliphatic rings. The highest BCUT2D eigenvalue weighted by molar-refractivity contribution is 7.13. The molecular weight excluding hydrogens is 428 g/mol. The Balaban J connectivity index is 1.54. The summed E-state index contributed by atoms with van der Waals surface area (Å²) in [5.74, 6) is -0.135. The monoisotopic (exact) mass is 468 g/mol. The van der Waals surface area contributed by atoms with Gasteiger partial charge in [-0.2, -0.15) is 0 Å². The van der Waals surface area contributed by atoms with Crippen LogP contribution in [-0.2, 0) is 6.42 Å². The van der Waals surface area contributed by atoms with Crippen LogP contribution in [0.1, 0.15) is 111 Å². The number of carboxylic acid groups (broad SMARTS) is 1. The number of hydrogen-bond acceptors (Lipinski definition) is 3. The van der Waals surface area contributed by atoms with Crippen LogP contribution in [0.5, 0.6) is 0 Å². The quantitative estimate of drug-likeness (QED) is 0.244. The van der Waals surface area contributed by atoms with Gasteiger partial charge in [-0.3, -0.25) is 0 Å². The van der Waals surface area contributed by atoms with Crippen molar-refractivity contribution in [3.8, 4) is 0 Å². The van der Waals surface area contributed by atoms with Crippen molar-refractivity contribution in [1.29, 1.82) is 0 Å². The van der Waals surface area contributed by atoms with Gasteiger partial charge in [0.2, 0.25) is 0 Å². The van der Waals surface area contributed by atoms with Gasteiger partial charge in [-0.1, -0.05) is 45.4 Å². The number of aliphatic hydroxyl groups is 1. The normalized spacial score (nSPS) is 28.1. The molecule has 3 rings (SSSR count). The van der Waals surface area contributed by atoms with Crippen LogP contribution in [-0.4, -0.2) is 27.7 Å². The number of aliphatic hydroxyl groups excluding tert-OH is 1. The molecule has 0 aliphatic heterocycles. The van der Waals surface area contributed by atoms with Crippen molar-refractivity contribution in [2.24, 2.45) is 17.3 Å². The number of hydrogen-bond donors (Lipinski definition) is 2. The van der Waals surface area contributed by atoms with Crippen LogP contribution < -0.4 is 0 Å². The topological polar surface area (TPSA) is 57.5 Å².